The Balaban J connectivity index is 1.15. The molecule has 0 spiro atoms. The molecule has 0 N–H and O–H groups in total. The van der Waals surface area contributed by atoms with Crippen LogP contribution in [0, 0.1) is 29.6 Å². The van der Waals surface area contributed by atoms with Crippen LogP contribution in [0.1, 0.15) is 151 Å². The third-order valence-corrected chi connectivity index (χ3v) is 68.1. The van der Waals surface area contributed by atoms with Crippen molar-refractivity contribution in [3.63, 3.8) is 0 Å². The van der Waals surface area contributed by atoms with Crippen molar-refractivity contribution in [1.82, 2.24) is 0 Å². The van der Waals surface area contributed by atoms with Gasteiger partial charge in [-0.05, 0) is 0 Å². The first-order valence-corrected chi connectivity index (χ1v) is 38.1. The molecule has 5 saturated carbocycles. The fraction of sp³-hybridized carbons (Fsp3) is 0.551. The van der Waals surface area contributed by atoms with Gasteiger partial charge in [0.1, 0.15) is 0 Å². The average molecular weight is 842 g/mol. The van der Waals surface area contributed by atoms with Crippen molar-refractivity contribution < 1.29 is 15.6 Å². The van der Waals surface area contributed by atoms with Crippen LogP contribution >= 0.6 is 17.0 Å². The normalized spacial score (nSPS) is 32.9. The van der Waals surface area contributed by atoms with Gasteiger partial charge in [-0.25, -0.2) is 0 Å². The van der Waals surface area contributed by atoms with E-state index in [2.05, 4.69) is 114 Å². The van der Waals surface area contributed by atoms with Crippen LogP contribution in [0.15, 0.2) is 71.8 Å². The SMILES string of the molecule is CCC1=Cc2c(-c3ccc(C45CC6CC(CC(C6)C4)C5)cc3)cccc2[CH]1[Zr]([Cl])([Cl])([CH]1C(C2CCC(C)CC2)=Cc2c(C(C)CC)cccc21)[SiH](C)C. The van der Waals surface area contributed by atoms with E-state index in [0.29, 0.717) is 17.3 Å². The molecule has 0 radical (unpaired) electrons. The Kier molecular flexibility index (Phi) is 9.69. The molecule has 0 saturated heterocycles. The second kappa shape index (κ2) is 13.7. The molecule has 0 nitrogen and oxygen atoms in total. The molecule has 4 bridgehead atoms. The van der Waals surface area contributed by atoms with Crippen LogP contribution in [0.3, 0.4) is 0 Å². The molecule has 281 valence electrons. The monoisotopic (exact) mass is 839 g/mol. The minimum atomic E-state index is -4.84. The van der Waals surface area contributed by atoms with Crippen molar-refractivity contribution in [2.45, 2.75) is 136 Å². The number of hydrogen-bond donors (Lipinski definition) is 0. The van der Waals surface area contributed by atoms with Gasteiger partial charge >= 0.3 is 333 Å². The predicted octanol–water partition coefficient (Wildman–Crippen LogP) is 15.1. The minimum absolute atomic E-state index is 0.159. The van der Waals surface area contributed by atoms with E-state index in [4.69, 9.17) is 17.0 Å². The third kappa shape index (κ3) is 5.86. The van der Waals surface area contributed by atoms with E-state index < -0.39 is 21.5 Å². The van der Waals surface area contributed by atoms with E-state index in [9.17, 15) is 0 Å². The van der Waals surface area contributed by atoms with Gasteiger partial charge in [-0.15, -0.1) is 0 Å². The maximum absolute atomic E-state index is 8.90. The van der Waals surface area contributed by atoms with Gasteiger partial charge in [0.05, 0.1) is 0 Å². The van der Waals surface area contributed by atoms with Crippen LogP contribution in [0.2, 0.25) is 13.1 Å². The fourth-order valence-electron chi connectivity index (χ4n) is 13.6. The van der Waals surface area contributed by atoms with Crippen LogP contribution in [-0.4, -0.2) is 5.92 Å². The van der Waals surface area contributed by atoms with Crippen LogP contribution in [-0.2, 0) is 21.0 Å². The topological polar surface area (TPSA) is 0 Å². The Hall–Kier alpha value is -1.18. The molecule has 5 fully saturated rings. The Bertz CT molecular complexity index is 1920. The molecule has 10 rings (SSSR count). The number of hydrogen-bond acceptors (Lipinski definition) is 0. The summed E-state index contributed by atoms with van der Waals surface area (Å²) in [6.45, 7) is 14.6. The number of fused-ring (bicyclic) bond motifs is 2. The molecule has 0 amide bonds. The number of benzene rings is 3. The predicted molar refractivity (Wildman–Crippen MR) is 230 cm³/mol. The number of allylic oxidation sites excluding steroid dienone is 2. The first-order valence-electron chi connectivity index (χ1n) is 21.8. The Morgan fingerprint density at radius 1 is 0.755 bits per heavy atom. The van der Waals surface area contributed by atoms with Gasteiger partial charge in [0.2, 0.25) is 0 Å². The summed E-state index contributed by atoms with van der Waals surface area (Å²) in [4.78, 5) is 0. The first-order chi connectivity index (χ1) is 25.4. The standard InChI is InChI=1S/C27H29.C20H27.C2H7Si.2ClH.Zr/c1-2-18-13-23-4-3-5-25(26(23)14-18)22-6-8-24(9-7-22)27-15-19-10-20(16-27)12-21(11-19)17-27;1-4-15(3)19-7-5-6-17-12-18(13-20(17)19)16-10-8-14(2)9-11-16;1-3-2;;;/h3-9,13-14,19-21H,2,10-12,15-17H2,1H3;5-7,12-16H,4,8-11H2,1-3H3;3H,1-2H3;2*1H;/q;;;;;+2/p-2. The van der Waals surface area contributed by atoms with Crippen molar-refractivity contribution in [1.29, 1.82) is 0 Å². The van der Waals surface area contributed by atoms with E-state index in [1.54, 1.807) is 11.1 Å². The molecule has 3 unspecified atom stereocenters. The quantitative estimate of drug-likeness (QED) is 0.188. The zero-order valence-electron chi connectivity index (χ0n) is 33.4. The molecular formula is C49H63Cl2SiZr. The van der Waals surface area contributed by atoms with Gasteiger partial charge in [0, 0.05) is 0 Å². The van der Waals surface area contributed by atoms with E-state index in [1.165, 1.54) is 109 Å². The summed E-state index contributed by atoms with van der Waals surface area (Å²) in [6.07, 6.45) is 21.3. The van der Waals surface area contributed by atoms with Gasteiger partial charge < -0.3 is 0 Å². The summed E-state index contributed by atoms with van der Waals surface area (Å²) < 4.78 is 0.352. The molecule has 7 aliphatic carbocycles. The van der Waals surface area contributed by atoms with Gasteiger partial charge in [0.15, 0.2) is 0 Å². The molecule has 7 aliphatic rings. The van der Waals surface area contributed by atoms with Crippen molar-refractivity contribution >= 4 is 35.1 Å². The van der Waals surface area contributed by atoms with Crippen molar-refractivity contribution in [2.24, 2.45) is 29.6 Å². The fourth-order valence-corrected chi connectivity index (χ4v) is 45.0. The van der Waals surface area contributed by atoms with Crippen molar-refractivity contribution in [2.75, 3.05) is 0 Å². The van der Waals surface area contributed by atoms with Crippen LogP contribution in [0.4, 0.5) is 0 Å². The van der Waals surface area contributed by atoms with Crippen LogP contribution in [0.5, 0.6) is 0 Å². The van der Waals surface area contributed by atoms with Gasteiger partial charge in [-0.1, -0.05) is 0 Å². The van der Waals surface area contributed by atoms with Crippen molar-refractivity contribution in [3.05, 3.63) is 105 Å². The molecular weight excluding hydrogens is 779 g/mol. The Morgan fingerprint density at radius 2 is 1.36 bits per heavy atom. The second-order valence-corrected chi connectivity index (χ2v) is 62.2. The zero-order chi connectivity index (χ0) is 36.9. The summed E-state index contributed by atoms with van der Waals surface area (Å²) >= 11 is -4.84. The van der Waals surface area contributed by atoms with E-state index in [-0.39, 0.29) is 7.25 Å². The van der Waals surface area contributed by atoms with E-state index in [0.717, 1.165) is 36.5 Å². The zero-order valence-corrected chi connectivity index (χ0v) is 38.5. The number of rotatable bonds is 9. The average Bonchev–Trinajstić information content (AvgIpc) is 3.75. The molecule has 3 aromatic rings. The van der Waals surface area contributed by atoms with Gasteiger partial charge in [-0.3, -0.25) is 0 Å². The van der Waals surface area contributed by atoms with Crippen LogP contribution in [0.25, 0.3) is 23.3 Å². The summed E-state index contributed by atoms with van der Waals surface area (Å²) in [5.74, 6) is 3.20. The van der Waals surface area contributed by atoms with E-state index >= 15 is 0 Å². The molecule has 4 heteroatoms. The van der Waals surface area contributed by atoms with Crippen LogP contribution < -0.4 is 0 Å². The summed E-state index contributed by atoms with van der Waals surface area (Å²) in [6, 6.07) is 24.3. The molecule has 3 atom stereocenters. The summed E-state index contributed by atoms with van der Waals surface area (Å²) in [7, 11) is 17.8. The summed E-state index contributed by atoms with van der Waals surface area (Å²) in [5, 5.41) is 0. The second-order valence-electron chi connectivity index (χ2n) is 19.7. The molecule has 0 heterocycles. The number of halogens is 2. The third-order valence-electron chi connectivity index (χ3n) is 16.4. The maximum atomic E-state index is 8.90. The summed E-state index contributed by atoms with van der Waals surface area (Å²) in [5.41, 5.74) is 15.2. The van der Waals surface area contributed by atoms with Crippen molar-refractivity contribution in [3.8, 4) is 11.1 Å². The molecule has 53 heavy (non-hydrogen) atoms. The van der Waals surface area contributed by atoms with E-state index in [1.807, 2.05) is 0 Å². The Morgan fingerprint density at radius 3 is 1.94 bits per heavy atom. The molecule has 0 aromatic heterocycles. The van der Waals surface area contributed by atoms with Gasteiger partial charge in [-0.2, -0.15) is 0 Å². The van der Waals surface area contributed by atoms with Gasteiger partial charge in [0.25, 0.3) is 0 Å². The molecule has 0 aliphatic heterocycles. The Labute approximate surface area is 330 Å². The first kappa shape index (κ1) is 37.4. The molecule has 3 aromatic carbocycles.